The Morgan fingerprint density at radius 1 is 0.862 bits per heavy atom. The lowest BCUT2D eigenvalue weighted by molar-refractivity contribution is -0.384. The summed E-state index contributed by atoms with van der Waals surface area (Å²) >= 11 is 0. The maximum atomic E-state index is 13.3. The minimum Gasteiger partial charge on any atom is -0.334 e. The van der Waals surface area contributed by atoms with Crippen molar-refractivity contribution in [2.24, 2.45) is 0 Å². The van der Waals surface area contributed by atoms with Crippen molar-refractivity contribution in [2.75, 3.05) is 0 Å². The van der Waals surface area contributed by atoms with E-state index >= 15 is 0 Å². The van der Waals surface area contributed by atoms with Gasteiger partial charge in [0.1, 0.15) is 0 Å². The zero-order valence-electron chi connectivity index (χ0n) is 16.0. The molecule has 0 aliphatic carbocycles. The van der Waals surface area contributed by atoms with Crippen molar-refractivity contribution in [1.29, 1.82) is 0 Å². The number of nitro groups is 1. The van der Waals surface area contributed by atoms with Gasteiger partial charge in [0.2, 0.25) is 5.91 Å². The first-order valence-corrected chi connectivity index (χ1v) is 9.74. The van der Waals surface area contributed by atoms with E-state index in [9.17, 15) is 14.9 Å². The monoisotopic (exact) mass is 386 g/mol. The van der Waals surface area contributed by atoms with Crippen molar-refractivity contribution in [1.82, 2.24) is 4.90 Å². The van der Waals surface area contributed by atoms with Crippen molar-refractivity contribution in [3.63, 3.8) is 0 Å². The van der Waals surface area contributed by atoms with Gasteiger partial charge in [-0.15, -0.1) is 0 Å². The Kier molecular flexibility index (Phi) is 5.38. The molecule has 0 spiro atoms. The molecule has 0 bridgehead atoms. The molecule has 1 aliphatic rings. The molecule has 0 aromatic heterocycles. The van der Waals surface area contributed by atoms with Crippen LogP contribution in [-0.2, 0) is 17.8 Å². The van der Waals surface area contributed by atoms with Gasteiger partial charge in [-0.25, -0.2) is 0 Å². The molecule has 3 aromatic carbocycles. The van der Waals surface area contributed by atoms with Gasteiger partial charge in [-0.2, -0.15) is 0 Å². The zero-order valence-corrected chi connectivity index (χ0v) is 16.0. The first-order valence-electron chi connectivity index (χ1n) is 9.74. The number of rotatable bonds is 6. The van der Waals surface area contributed by atoms with Gasteiger partial charge < -0.3 is 4.90 Å². The SMILES string of the molecule is O=C1C(c2ccc([N+](=O)[O-])cc2)C[C@H](Cc2ccccc2)N1Cc1ccccc1. The maximum Gasteiger partial charge on any atom is 0.269 e. The lowest BCUT2D eigenvalue weighted by Gasteiger charge is -2.25. The van der Waals surface area contributed by atoms with Gasteiger partial charge in [0.05, 0.1) is 10.8 Å². The van der Waals surface area contributed by atoms with Crippen molar-refractivity contribution < 1.29 is 9.72 Å². The molecule has 1 saturated heterocycles. The quantitative estimate of drug-likeness (QED) is 0.455. The molecule has 0 radical (unpaired) electrons. The van der Waals surface area contributed by atoms with Crippen LogP contribution >= 0.6 is 0 Å². The number of hydrogen-bond donors (Lipinski definition) is 0. The summed E-state index contributed by atoms with van der Waals surface area (Å²) in [6.07, 6.45) is 1.50. The topological polar surface area (TPSA) is 63.4 Å². The van der Waals surface area contributed by atoms with E-state index in [1.54, 1.807) is 12.1 Å². The molecule has 1 amide bonds. The lowest BCUT2D eigenvalue weighted by Crippen LogP contribution is -2.34. The Labute approximate surface area is 169 Å². The van der Waals surface area contributed by atoms with Crippen LogP contribution in [0.4, 0.5) is 5.69 Å². The van der Waals surface area contributed by atoms with Crippen LogP contribution < -0.4 is 0 Å². The molecule has 1 aliphatic heterocycles. The predicted molar refractivity (Wildman–Crippen MR) is 111 cm³/mol. The largest absolute Gasteiger partial charge is 0.334 e. The highest BCUT2D eigenvalue weighted by Gasteiger charge is 2.40. The third-order valence-corrected chi connectivity index (χ3v) is 5.55. The summed E-state index contributed by atoms with van der Waals surface area (Å²) in [6.45, 7) is 0.570. The van der Waals surface area contributed by atoms with Crippen molar-refractivity contribution in [2.45, 2.75) is 31.3 Å². The molecule has 0 saturated carbocycles. The van der Waals surface area contributed by atoms with E-state index in [-0.39, 0.29) is 23.6 Å². The number of carbonyl (C=O) groups is 1. The van der Waals surface area contributed by atoms with Crippen molar-refractivity contribution in [3.05, 3.63) is 112 Å². The van der Waals surface area contributed by atoms with Crippen LogP contribution in [0.25, 0.3) is 0 Å². The highest BCUT2D eigenvalue weighted by molar-refractivity contribution is 5.86. The lowest BCUT2D eigenvalue weighted by atomic mass is 9.93. The fourth-order valence-electron chi connectivity index (χ4n) is 4.05. The van der Waals surface area contributed by atoms with Gasteiger partial charge >= 0.3 is 0 Å². The molecule has 29 heavy (non-hydrogen) atoms. The van der Waals surface area contributed by atoms with Gasteiger partial charge in [-0.1, -0.05) is 72.8 Å². The average Bonchev–Trinajstić information content (AvgIpc) is 3.05. The van der Waals surface area contributed by atoms with E-state index in [1.807, 2.05) is 53.4 Å². The third kappa shape index (κ3) is 4.19. The van der Waals surface area contributed by atoms with E-state index in [0.717, 1.165) is 17.5 Å². The molecule has 1 unspecified atom stereocenters. The van der Waals surface area contributed by atoms with E-state index in [1.165, 1.54) is 17.7 Å². The first kappa shape index (κ1) is 18.9. The van der Waals surface area contributed by atoms with Gasteiger partial charge in [0, 0.05) is 24.7 Å². The fraction of sp³-hybridized carbons (Fsp3) is 0.208. The first-order chi connectivity index (χ1) is 14.1. The minimum absolute atomic E-state index is 0.0428. The number of amides is 1. The number of likely N-dealkylation sites (tertiary alicyclic amines) is 1. The molecular formula is C24H22N2O3. The molecule has 1 heterocycles. The Morgan fingerprint density at radius 3 is 2.03 bits per heavy atom. The predicted octanol–water partition coefficient (Wildman–Crippen LogP) is 4.72. The highest BCUT2D eigenvalue weighted by Crippen LogP contribution is 2.36. The molecule has 3 aromatic rings. The van der Waals surface area contributed by atoms with Crippen LogP contribution in [0, 0.1) is 10.1 Å². The zero-order chi connectivity index (χ0) is 20.2. The van der Waals surface area contributed by atoms with Crippen molar-refractivity contribution >= 4 is 11.6 Å². The smallest absolute Gasteiger partial charge is 0.269 e. The second-order valence-electron chi connectivity index (χ2n) is 7.43. The van der Waals surface area contributed by atoms with Crippen LogP contribution in [0.3, 0.4) is 0 Å². The summed E-state index contributed by atoms with van der Waals surface area (Å²) in [4.78, 5) is 25.8. The van der Waals surface area contributed by atoms with Crippen LogP contribution in [0.1, 0.15) is 29.0 Å². The number of hydrogen-bond acceptors (Lipinski definition) is 3. The van der Waals surface area contributed by atoms with Crippen LogP contribution in [-0.4, -0.2) is 21.8 Å². The van der Waals surface area contributed by atoms with Gasteiger partial charge in [0.25, 0.3) is 5.69 Å². The van der Waals surface area contributed by atoms with Gasteiger partial charge in [-0.3, -0.25) is 14.9 Å². The number of carbonyl (C=O) groups excluding carboxylic acids is 1. The number of benzene rings is 3. The highest BCUT2D eigenvalue weighted by atomic mass is 16.6. The molecular weight excluding hydrogens is 364 g/mol. The van der Waals surface area contributed by atoms with Crippen LogP contribution in [0.15, 0.2) is 84.9 Å². The molecule has 5 nitrogen and oxygen atoms in total. The standard InChI is InChI=1S/C24H22N2O3/c27-24-23(20-11-13-21(14-12-20)26(28)29)16-22(15-18-7-3-1-4-8-18)25(24)17-19-9-5-2-6-10-19/h1-14,22-23H,15-17H2/t22-,23?/m0/s1. The Balaban J connectivity index is 1.60. The molecule has 4 rings (SSSR count). The van der Waals surface area contributed by atoms with Crippen LogP contribution in [0.5, 0.6) is 0 Å². The van der Waals surface area contributed by atoms with Gasteiger partial charge in [-0.05, 0) is 29.5 Å². The molecule has 5 heteroatoms. The molecule has 146 valence electrons. The summed E-state index contributed by atoms with van der Waals surface area (Å²) < 4.78 is 0. The normalized spacial score (nSPS) is 18.8. The average molecular weight is 386 g/mol. The Bertz CT molecular complexity index is 988. The van der Waals surface area contributed by atoms with Crippen LogP contribution in [0.2, 0.25) is 0 Å². The number of non-ortho nitro benzene ring substituents is 1. The van der Waals surface area contributed by atoms with E-state index in [2.05, 4.69) is 12.1 Å². The Hall–Kier alpha value is -3.47. The Morgan fingerprint density at radius 2 is 1.45 bits per heavy atom. The second kappa shape index (κ2) is 8.27. The maximum absolute atomic E-state index is 13.3. The molecule has 2 atom stereocenters. The molecule has 0 N–H and O–H groups in total. The van der Waals surface area contributed by atoms with E-state index in [4.69, 9.17) is 0 Å². The number of nitro benzene ring substituents is 1. The molecule has 1 fully saturated rings. The third-order valence-electron chi connectivity index (χ3n) is 5.55. The fourth-order valence-corrected chi connectivity index (χ4v) is 4.05. The summed E-state index contributed by atoms with van der Waals surface area (Å²) in [5, 5.41) is 10.9. The van der Waals surface area contributed by atoms with E-state index < -0.39 is 4.92 Å². The van der Waals surface area contributed by atoms with Gasteiger partial charge in [0.15, 0.2) is 0 Å². The second-order valence-corrected chi connectivity index (χ2v) is 7.43. The summed E-state index contributed by atoms with van der Waals surface area (Å²) in [6, 6.07) is 26.7. The van der Waals surface area contributed by atoms with E-state index in [0.29, 0.717) is 13.0 Å². The number of nitrogens with zero attached hydrogens (tertiary/aromatic N) is 2. The van der Waals surface area contributed by atoms with Crippen molar-refractivity contribution in [3.8, 4) is 0 Å². The minimum atomic E-state index is -0.417. The summed E-state index contributed by atoms with van der Waals surface area (Å²) in [5.74, 6) is -0.183. The summed E-state index contributed by atoms with van der Waals surface area (Å²) in [5.41, 5.74) is 3.19. The summed E-state index contributed by atoms with van der Waals surface area (Å²) in [7, 11) is 0.